The highest BCUT2D eigenvalue weighted by atomic mass is 79.9. The fraction of sp³-hybridized carbons (Fsp3) is 0.231. The first-order valence-electron chi connectivity index (χ1n) is 5.19. The van der Waals surface area contributed by atoms with Crippen LogP contribution in [0.25, 0.3) is 0 Å². The van der Waals surface area contributed by atoms with Gasteiger partial charge in [0.2, 0.25) is 0 Å². The molecule has 1 unspecified atom stereocenters. The molecule has 0 saturated heterocycles. The molecular formula is C13H12BrFOS. The van der Waals surface area contributed by atoms with Crippen LogP contribution in [0.3, 0.4) is 0 Å². The van der Waals surface area contributed by atoms with Crippen molar-refractivity contribution in [3.8, 4) is 0 Å². The number of thiophene rings is 1. The van der Waals surface area contributed by atoms with Crippen molar-refractivity contribution in [2.45, 2.75) is 20.0 Å². The molecule has 0 spiro atoms. The summed E-state index contributed by atoms with van der Waals surface area (Å²) in [7, 11) is 0. The zero-order chi connectivity index (χ0) is 12.6. The van der Waals surface area contributed by atoms with Gasteiger partial charge >= 0.3 is 0 Å². The fourth-order valence-corrected chi connectivity index (χ4v) is 3.22. The van der Waals surface area contributed by atoms with Gasteiger partial charge in [-0.2, -0.15) is 0 Å². The Labute approximate surface area is 112 Å². The lowest BCUT2D eigenvalue weighted by Crippen LogP contribution is -2.01. The van der Waals surface area contributed by atoms with E-state index in [2.05, 4.69) is 15.9 Å². The van der Waals surface area contributed by atoms with Crippen LogP contribution in [-0.4, -0.2) is 5.11 Å². The monoisotopic (exact) mass is 314 g/mol. The van der Waals surface area contributed by atoms with Gasteiger partial charge < -0.3 is 5.11 Å². The van der Waals surface area contributed by atoms with Crippen molar-refractivity contribution in [1.82, 2.24) is 0 Å². The SMILES string of the molecule is Cc1ccc(F)c(C(O)c2cc(C)c(Br)s2)c1. The van der Waals surface area contributed by atoms with Crippen LogP contribution in [0.1, 0.15) is 27.7 Å². The van der Waals surface area contributed by atoms with Gasteiger partial charge in [-0.05, 0) is 47.5 Å². The standard InChI is InChI=1S/C13H12BrFOS/c1-7-3-4-10(15)9(5-7)12(16)11-6-8(2)13(14)17-11/h3-6,12,16H,1-2H3. The average molecular weight is 315 g/mol. The first-order valence-corrected chi connectivity index (χ1v) is 6.80. The molecule has 2 rings (SSSR count). The summed E-state index contributed by atoms with van der Waals surface area (Å²) in [5, 5.41) is 10.2. The van der Waals surface area contributed by atoms with E-state index in [1.54, 1.807) is 12.1 Å². The highest BCUT2D eigenvalue weighted by Gasteiger charge is 2.18. The third kappa shape index (κ3) is 2.59. The van der Waals surface area contributed by atoms with Crippen LogP contribution in [0.2, 0.25) is 0 Å². The summed E-state index contributed by atoms with van der Waals surface area (Å²) < 4.78 is 14.6. The molecular weight excluding hydrogens is 303 g/mol. The van der Waals surface area contributed by atoms with E-state index >= 15 is 0 Å². The number of benzene rings is 1. The lowest BCUT2D eigenvalue weighted by atomic mass is 10.0. The van der Waals surface area contributed by atoms with E-state index in [4.69, 9.17) is 0 Å². The van der Waals surface area contributed by atoms with E-state index in [-0.39, 0.29) is 5.82 Å². The Bertz CT molecular complexity index is 531. The van der Waals surface area contributed by atoms with Crippen LogP contribution in [-0.2, 0) is 0 Å². The van der Waals surface area contributed by atoms with Crippen molar-refractivity contribution in [2.75, 3.05) is 0 Å². The molecule has 90 valence electrons. The summed E-state index contributed by atoms with van der Waals surface area (Å²) in [5.41, 5.74) is 2.32. The maximum atomic E-state index is 13.6. The van der Waals surface area contributed by atoms with Gasteiger partial charge in [0.1, 0.15) is 11.9 Å². The maximum Gasteiger partial charge on any atom is 0.129 e. The molecule has 1 heterocycles. The number of aryl methyl sites for hydroxylation is 2. The van der Waals surface area contributed by atoms with Crippen molar-refractivity contribution in [3.63, 3.8) is 0 Å². The number of aliphatic hydroxyl groups is 1. The molecule has 0 aliphatic carbocycles. The van der Waals surface area contributed by atoms with Gasteiger partial charge in [-0.3, -0.25) is 0 Å². The van der Waals surface area contributed by atoms with E-state index in [1.807, 2.05) is 19.9 Å². The Morgan fingerprint density at radius 3 is 2.59 bits per heavy atom. The molecule has 2 aromatic rings. The van der Waals surface area contributed by atoms with E-state index < -0.39 is 6.10 Å². The van der Waals surface area contributed by atoms with Gasteiger partial charge in [0.25, 0.3) is 0 Å². The predicted octanol–water partition coefficient (Wildman–Crippen LogP) is 4.35. The molecule has 0 aliphatic heterocycles. The van der Waals surface area contributed by atoms with Crippen molar-refractivity contribution in [2.24, 2.45) is 0 Å². The van der Waals surface area contributed by atoms with Crippen molar-refractivity contribution >= 4 is 27.3 Å². The van der Waals surface area contributed by atoms with Crippen LogP contribution in [0, 0.1) is 19.7 Å². The lowest BCUT2D eigenvalue weighted by Gasteiger charge is -2.10. The summed E-state index contributed by atoms with van der Waals surface area (Å²) in [6.45, 7) is 3.83. The maximum absolute atomic E-state index is 13.6. The van der Waals surface area contributed by atoms with Gasteiger partial charge in [0, 0.05) is 10.4 Å². The first kappa shape index (κ1) is 12.7. The van der Waals surface area contributed by atoms with Crippen LogP contribution < -0.4 is 0 Å². The largest absolute Gasteiger partial charge is 0.383 e. The van der Waals surface area contributed by atoms with Crippen LogP contribution in [0.15, 0.2) is 28.1 Å². The second kappa shape index (κ2) is 4.88. The number of hydrogen-bond acceptors (Lipinski definition) is 2. The number of aliphatic hydroxyl groups excluding tert-OH is 1. The molecule has 0 saturated carbocycles. The first-order chi connectivity index (χ1) is 7.99. The summed E-state index contributed by atoms with van der Waals surface area (Å²) in [4.78, 5) is 0.749. The topological polar surface area (TPSA) is 20.2 Å². The molecule has 17 heavy (non-hydrogen) atoms. The zero-order valence-electron chi connectivity index (χ0n) is 9.50. The van der Waals surface area contributed by atoms with Crippen LogP contribution in [0.5, 0.6) is 0 Å². The summed E-state index contributed by atoms with van der Waals surface area (Å²) in [6.07, 6.45) is -0.898. The van der Waals surface area contributed by atoms with Crippen LogP contribution >= 0.6 is 27.3 Å². The number of rotatable bonds is 2. The average Bonchev–Trinajstić information content (AvgIpc) is 2.62. The van der Waals surface area contributed by atoms with E-state index in [0.29, 0.717) is 5.56 Å². The molecule has 0 radical (unpaired) electrons. The summed E-state index contributed by atoms with van der Waals surface area (Å²) in [5.74, 6) is -0.370. The zero-order valence-corrected chi connectivity index (χ0v) is 11.9. The number of hydrogen-bond donors (Lipinski definition) is 1. The van der Waals surface area contributed by atoms with Gasteiger partial charge in [-0.25, -0.2) is 4.39 Å². The quantitative estimate of drug-likeness (QED) is 0.873. The lowest BCUT2D eigenvalue weighted by molar-refractivity contribution is 0.218. The molecule has 1 N–H and O–H groups in total. The van der Waals surface area contributed by atoms with Crippen molar-refractivity contribution < 1.29 is 9.50 Å². The Kier molecular flexibility index (Phi) is 3.66. The molecule has 1 aromatic carbocycles. The van der Waals surface area contributed by atoms with E-state index in [9.17, 15) is 9.50 Å². The highest BCUT2D eigenvalue weighted by Crippen LogP contribution is 2.35. The number of halogens is 2. The minimum Gasteiger partial charge on any atom is -0.383 e. The smallest absolute Gasteiger partial charge is 0.129 e. The molecule has 1 nitrogen and oxygen atoms in total. The molecule has 0 fully saturated rings. The Balaban J connectivity index is 2.42. The van der Waals surface area contributed by atoms with Gasteiger partial charge in [-0.15, -0.1) is 11.3 Å². The molecule has 0 bridgehead atoms. The normalized spacial score (nSPS) is 12.8. The molecule has 0 aliphatic rings. The second-order valence-electron chi connectivity index (χ2n) is 4.03. The van der Waals surface area contributed by atoms with Crippen molar-refractivity contribution in [3.05, 3.63) is 55.4 Å². The van der Waals surface area contributed by atoms with Gasteiger partial charge in [-0.1, -0.05) is 17.7 Å². The minimum absolute atomic E-state index is 0.332. The Morgan fingerprint density at radius 1 is 1.29 bits per heavy atom. The summed E-state index contributed by atoms with van der Waals surface area (Å²) in [6, 6.07) is 6.65. The second-order valence-corrected chi connectivity index (χ2v) is 6.43. The molecule has 0 amide bonds. The predicted molar refractivity (Wildman–Crippen MR) is 72.0 cm³/mol. The third-order valence-electron chi connectivity index (χ3n) is 2.59. The third-order valence-corrected chi connectivity index (χ3v) is 4.78. The molecule has 4 heteroatoms. The fourth-order valence-electron chi connectivity index (χ4n) is 1.64. The molecule has 1 atom stereocenters. The Morgan fingerprint density at radius 2 is 2.00 bits per heavy atom. The van der Waals surface area contributed by atoms with E-state index in [1.165, 1.54) is 17.4 Å². The van der Waals surface area contributed by atoms with Gasteiger partial charge in [0.05, 0.1) is 3.79 Å². The summed E-state index contributed by atoms with van der Waals surface area (Å²) >= 11 is 4.84. The Hall–Kier alpha value is -0.710. The van der Waals surface area contributed by atoms with Gasteiger partial charge in [0.15, 0.2) is 0 Å². The van der Waals surface area contributed by atoms with E-state index in [0.717, 1.165) is 19.8 Å². The van der Waals surface area contributed by atoms with Crippen molar-refractivity contribution in [1.29, 1.82) is 0 Å². The minimum atomic E-state index is -0.898. The molecule has 1 aromatic heterocycles. The van der Waals surface area contributed by atoms with Crippen LogP contribution in [0.4, 0.5) is 4.39 Å². The highest BCUT2D eigenvalue weighted by molar-refractivity contribution is 9.11.